The van der Waals surface area contributed by atoms with Crippen LogP contribution in [-0.2, 0) is 6.54 Å². The molecule has 0 fully saturated rings. The predicted molar refractivity (Wildman–Crippen MR) is 98.1 cm³/mol. The topological polar surface area (TPSA) is 38.5 Å². The molecule has 1 aromatic heterocycles. The van der Waals surface area contributed by atoms with Gasteiger partial charge in [0.15, 0.2) is 5.69 Å². The first-order valence-corrected chi connectivity index (χ1v) is 7.83. The predicted octanol–water partition coefficient (Wildman–Crippen LogP) is 5.37. The summed E-state index contributed by atoms with van der Waals surface area (Å²) in [6.07, 6.45) is 1.84. The minimum atomic E-state index is 0.586. The first-order chi connectivity index (χ1) is 11.6. The van der Waals surface area contributed by atoms with Crippen LogP contribution in [0, 0.1) is 13.5 Å². The molecular weight excluding hydrogens is 322 g/mol. The quantitative estimate of drug-likeness (QED) is 0.650. The monoisotopic (exact) mass is 337 g/mol. The van der Waals surface area contributed by atoms with E-state index in [0.717, 1.165) is 27.7 Å². The molecule has 5 heteroatoms. The molecule has 24 heavy (non-hydrogen) atoms. The normalized spacial score (nSPS) is 10.4. The molecule has 2 aromatic carbocycles. The summed E-state index contributed by atoms with van der Waals surface area (Å²) in [4.78, 5) is 7.93. The Hall–Kier alpha value is -2.77. The summed E-state index contributed by atoms with van der Waals surface area (Å²) in [6.45, 7) is 9.82. The zero-order valence-corrected chi connectivity index (χ0v) is 14.2. The second kappa shape index (κ2) is 6.77. The molecule has 0 aliphatic heterocycles. The third-order valence-electron chi connectivity index (χ3n) is 3.86. The van der Waals surface area contributed by atoms with Crippen molar-refractivity contribution < 1.29 is 4.74 Å². The largest absolute Gasteiger partial charge is 0.495 e. The Morgan fingerprint density at radius 3 is 2.79 bits per heavy atom. The smallest absolute Gasteiger partial charge is 0.188 e. The van der Waals surface area contributed by atoms with Gasteiger partial charge in [-0.15, -0.1) is 0 Å². The average molecular weight is 338 g/mol. The SMILES string of the molecule is [C-]#[N+]c1ccc2ncc(C)c(NCc3ccc(OC)c(Cl)c3)c2c1. The molecule has 0 saturated heterocycles. The number of nitrogens with one attached hydrogen (secondary N) is 1. The van der Waals surface area contributed by atoms with Crippen LogP contribution in [0.25, 0.3) is 15.7 Å². The summed E-state index contributed by atoms with van der Waals surface area (Å²) < 4.78 is 5.18. The summed E-state index contributed by atoms with van der Waals surface area (Å²) in [5.74, 6) is 0.660. The molecule has 3 aromatic rings. The van der Waals surface area contributed by atoms with Gasteiger partial charge in [-0.3, -0.25) is 4.98 Å². The van der Waals surface area contributed by atoms with Crippen LogP contribution in [0.5, 0.6) is 5.75 Å². The molecule has 0 saturated carbocycles. The molecule has 0 spiro atoms. The number of anilines is 1. The van der Waals surface area contributed by atoms with E-state index in [9.17, 15) is 0 Å². The maximum Gasteiger partial charge on any atom is 0.188 e. The van der Waals surface area contributed by atoms with Crippen LogP contribution >= 0.6 is 11.6 Å². The van der Waals surface area contributed by atoms with Gasteiger partial charge < -0.3 is 10.1 Å². The van der Waals surface area contributed by atoms with E-state index in [4.69, 9.17) is 22.9 Å². The van der Waals surface area contributed by atoms with Gasteiger partial charge >= 0.3 is 0 Å². The fraction of sp³-hybridized carbons (Fsp3) is 0.158. The van der Waals surface area contributed by atoms with Crippen molar-refractivity contribution in [3.8, 4) is 5.75 Å². The Morgan fingerprint density at radius 1 is 1.25 bits per heavy atom. The zero-order chi connectivity index (χ0) is 17.1. The van der Waals surface area contributed by atoms with E-state index >= 15 is 0 Å². The van der Waals surface area contributed by atoms with Gasteiger partial charge in [-0.1, -0.05) is 23.7 Å². The van der Waals surface area contributed by atoms with Crippen molar-refractivity contribution in [2.24, 2.45) is 0 Å². The lowest BCUT2D eigenvalue weighted by atomic mass is 10.1. The van der Waals surface area contributed by atoms with Gasteiger partial charge in [0.05, 0.1) is 24.2 Å². The van der Waals surface area contributed by atoms with E-state index in [-0.39, 0.29) is 0 Å². The fourth-order valence-electron chi connectivity index (χ4n) is 2.59. The number of pyridine rings is 1. The van der Waals surface area contributed by atoms with Crippen LogP contribution in [0.3, 0.4) is 0 Å². The van der Waals surface area contributed by atoms with Gasteiger partial charge in [-0.25, -0.2) is 4.85 Å². The van der Waals surface area contributed by atoms with Crippen molar-refractivity contribution in [2.75, 3.05) is 12.4 Å². The molecule has 120 valence electrons. The van der Waals surface area contributed by atoms with E-state index in [2.05, 4.69) is 15.1 Å². The summed E-state index contributed by atoms with van der Waals surface area (Å²) >= 11 is 6.18. The Labute approximate surface area is 145 Å². The van der Waals surface area contributed by atoms with E-state index < -0.39 is 0 Å². The molecule has 0 amide bonds. The maximum absolute atomic E-state index is 7.20. The number of fused-ring (bicyclic) bond motifs is 1. The van der Waals surface area contributed by atoms with Gasteiger partial charge in [0.25, 0.3) is 0 Å². The molecule has 0 unspecified atom stereocenters. The van der Waals surface area contributed by atoms with Crippen molar-refractivity contribution in [3.63, 3.8) is 0 Å². The Morgan fingerprint density at radius 2 is 2.08 bits per heavy atom. The highest BCUT2D eigenvalue weighted by Crippen LogP contribution is 2.30. The minimum absolute atomic E-state index is 0.586. The van der Waals surface area contributed by atoms with Gasteiger partial charge in [0, 0.05) is 23.8 Å². The van der Waals surface area contributed by atoms with E-state index in [1.807, 2.05) is 43.5 Å². The molecule has 0 aliphatic carbocycles. The number of hydrogen-bond acceptors (Lipinski definition) is 3. The van der Waals surface area contributed by atoms with Gasteiger partial charge in [-0.05, 0) is 42.3 Å². The highest BCUT2D eigenvalue weighted by Gasteiger charge is 2.08. The maximum atomic E-state index is 7.20. The van der Waals surface area contributed by atoms with Crippen molar-refractivity contribution in [1.82, 2.24) is 4.98 Å². The number of aromatic nitrogens is 1. The van der Waals surface area contributed by atoms with E-state index in [1.165, 1.54) is 0 Å². The number of benzene rings is 2. The second-order valence-corrected chi connectivity index (χ2v) is 5.86. The second-order valence-electron chi connectivity index (χ2n) is 5.45. The van der Waals surface area contributed by atoms with Crippen LogP contribution in [0.2, 0.25) is 5.02 Å². The molecule has 4 nitrogen and oxygen atoms in total. The molecular formula is C19H16ClN3O. The highest BCUT2D eigenvalue weighted by atomic mass is 35.5. The molecule has 0 bridgehead atoms. The number of rotatable bonds is 4. The lowest BCUT2D eigenvalue weighted by molar-refractivity contribution is 0.415. The third-order valence-corrected chi connectivity index (χ3v) is 4.15. The number of ether oxygens (including phenoxy) is 1. The third kappa shape index (κ3) is 3.12. The molecule has 0 radical (unpaired) electrons. The van der Waals surface area contributed by atoms with Crippen LogP contribution in [0.4, 0.5) is 11.4 Å². The first kappa shape index (κ1) is 16.1. The van der Waals surface area contributed by atoms with Crippen LogP contribution in [0.15, 0.2) is 42.6 Å². The molecule has 1 N–H and O–H groups in total. The van der Waals surface area contributed by atoms with Crippen LogP contribution < -0.4 is 10.1 Å². The number of aryl methyl sites for hydroxylation is 1. The molecule has 3 rings (SSSR count). The fourth-order valence-corrected chi connectivity index (χ4v) is 2.87. The summed E-state index contributed by atoms with van der Waals surface area (Å²) in [5, 5.41) is 4.98. The number of nitrogens with zero attached hydrogens (tertiary/aromatic N) is 2. The van der Waals surface area contributed by atoms with Gasteiger partial charge in [0.1, 0.15) is 5.75 Å². The Kier molecular flexibility index (Phi) is 4.54. The van der Waals surface area contributed by atoms with Crippen LogP contribution in [-0.4, -0.2) is 12.1 Å². The summed E-state index contributed by atoms with van der Waals surface area (Å²) in [7, 11) is 1.60. The average Bonchev–Trinajstić information content (AvgIpc) is 2.60. The standard InChI is InChI=1S/C19H16ClN3O/c1-12-10-22-17-6-5-14(21-2)9-15(17)19(12)23-11-13-4-7-18(24-3)16(20)8-13/h4-10H,11H2,1,3H3,(H,22,23). The Balaban J connectivity index is 1.93. The van der Waals surface area contributed by atoms with Crippen molar-refractivity contribution in [2.45, 2.75) is 13.5 Å². The lowest BCUT2D eigenvalue weighted by Gasteiger charge is -2.13. The van der Waals surface area contributed by atoms with Gasteiger partial charge in [0.2, 0.25) is 0 Å². The molecule has 1 heterocycles. The molecule has 0 aliphatic rings. The first-order valence-electron chi connectivity index (χ1n) is 7.45. The van der Waals surface area contributed by atoms with E-state index in [0.29, 0.717) is 23.0 Å². The Bertz CT molecular complexity index is 947. The zero-order valence-electron chi connectivity index (χ0n) is 13.4. The van der Waals surface area contributed by atoms with E-state index in [1.54, 1.807) is 13.2 Å². The summed E-state index contributed by atoms with van der Waals surface area (Å²) in [6, 6.07) is 11.2. The summed E-state index contributed by atoms with van der Waals surface area (Å²) in [5.41, 5.74) is 4.53. The van der Waals surface area contributed by atoms with Crippen LogP contribution in [0.1, 0.15) is 11.1 Å². The highest BCUT2D eigenvalue weighted by molar-refractivity contribution is 6.32. The van der Waals surface area contributed by atoms with Crippen molar-refractivity contribution in [3.05, 3.63) is 70.2 Å². The lowest BCUT2D eigenvalue weighted by Crippen LogP contribution is -2.02. The van der Waals surface area contributed by atoms with Crippen molar-refractivity contribution >= 4 is 33.9 Å². The number of methoxy groups -OCH3 is 1. The number of halogens is 1. The molecule has 0 atom stereocenters. The number of hydrogen-bond donors (Lipinski definition) is 1. The van der Waals surface area contributed by atoms with Gasteiger partial charge in [-0.2, -0.15) is 0 Å². The van der Waals surface area contributed by atoms with Crippen molar-refractivity contribution in [1.29, 1.82) is 0 Å². The minimum Gasteiger partial charge on any atom is -0.495 e.